The Balaban J connectivity index is 1.80. The minimum Gasteiger partial charge on any atom is -0.492 e. The number of Topliss-reactive ketones (excluding diaryl/α,β-unsaturated/α-hetero) is 1. The topological polar surface area (TPSA) is 26.3 Å². The van der Waals surface area contributed by atoms with Gasteiger partial charge in [0.2, 0.25) is 0 Å². The zero-order valence-corrected chi connectivity index (χ0v) is 15.0. The van der Waals surface area contributed by atoms with Crippen molar-refractivity contribution in [2.45, 2.75) is 12.8 Å². The molecule has 0 aliphatic heterocycles. The third-order valence-corrected chi connectivity index (χ3v) is 4.20. The van der Waals surface area contributed by atoms with Crippen molar-refractivity contribution in [3.05, 3.63) is 62.0 Å². The maximum atomic E-state index is 12.0. The third kappa shape index (κ3) is 5.13. The summed E-state index contributed by atoms with van der Waals surface area (Å²) in [6, 6.07) is 12.8. The average Bonchev–Trinajstić information content (AvgIpc) is 2.47. The number of carbonyl (C=O) groups is 1. The summed E-state index contributed by atoms with van der Waals surface area (Å²) in [7, 11) is 0. The van der Waals surface area contributed by atoms with Gasteiger partial charge in [-0.2, -0.15) is 0 Å². The lowest BCUT2D eigenvalue weighted by Crippen LogP contribution is -2.04. The molecule has 0 fully saturated rings. The van der Waals surface area contributed by atoms with Crippen LogP contribution >= 0.6 is 43.5 Å². The van der Waals surface area contributed by atoms with Gasteiger partial charge in [0.25, 0.3) is 0 Å². The maximum Gasteiger partial charge on any atom is 0.163 e. The molecule has 0 radical (unpaired) electrons. The van der Waals surface area contributed by atoms with E-state index in [4.69, 9.17) is 16.3 Å². The summed E-state index contributed by atoms with van der Waals surface area (Å²) in [5.74, 6) is 0.744. The molecule has 0 heterocycles. The van der Waals surface area contributed by atoms with E-state index in [-0.39, 0.29) is 5.78 Å². The normalized spacial score (nSPS) is 10.4. The van der Waals surface area contributed by atoms with Gasteiger partial charge < -0.3 is 4.74 Å². The van der Waals surface area contributed by atoms with E-state index in [0.717, 1.165) is 14.5 Å². The first kappa shape index (κ1) is 16.5. The summed E-state index contributed by atoms with van der Waals surface area (Å²) >= 11 is 12.7. The first-order valence-corrected chi connectivity index (χ1v) is 8.39. The fourth-order valence-corrected chi connectivity index (χ4v) is 2.56. The lowest BCUT2D eigenvalue weighted by atomic mass is 10.1. The van der Waals surface area contributed by atoms with Crippen molar-refractivity contribution in [1.29, 1.82) is 0 Å². The molecule has 2 nitrogen and oxygen atoms in total. The van der Waals surface area contributed by atoms with Crippen molar-refractivity contribution >= 4 is 49.2 Å². The van der Waals surface area contributed by atoms with Gasteiger partial charge in [0.15, 0.2) is 5.78 Å². The van der Waals surface area contributed by atoms with Crippen LogP contribution in [0.15, 0.2) is 51.4 Å². The van der Waals surface area contributed by atoms with Gasteiger partial charge in [0.05, 0.1) is 11.6 Å². The Hall–Kier alpha value is -0.840. The first-order chi connectivity index (χ1) is 10.1. The molecular formula is C16H13Br2ClO2. The lowest BCUT2D eigenvalue weighted by Gasteiger charge is -2.08. The highest BCUT2D eigenvalue weighted by atomic mass is 79.9. The maximum absolute atomic E-state index is 12.0. The number of ether oxygens (including phenoxy) is 1. The van der Waals surface area contributed by atoms with Gasteiger partial charge in [0.1, 0.15) is 5.75 Å². The summed E-state index contributed by atoms with van der Waals surface area (Å²) in [5.41, 5.74) is 0.721. The van der Waals surface area contributed by atoms with Crippen LogP contribution in [0.4, 0.5) is 0 Å². The van der Waals surface area contributed by atoms with Crippen LogP contribution in [0.5, 0.6) is 5.75 Å². The van der Waals surface area contributed by atoms with Crippen molar-refractivity contribution in [2.75, 3.05) is 6.61 Å². The Kier molecular flexibility index (Phi) is 6.27. The van der Waals surface area contributed by atoms with Crippen LogP contribution in [-0.2, 0) is 0 Å². The minimum atomic E-state index is 0.117. The Morgan fingerprint density at radius 2 is 1.71 bits per heavy atom. The fraction of sp³-hybridized carbons (Fsp3) is 0.188. The van der Waals surface area contributed by atoms with E-state index in [1.54, 1.807) is 6.07 Å². The van der Waals surface area contributed by atoms with Gasteiger partial charge in [-0.25, -0.2) is 0 Å². The van der Waals surface area contributed by atoms with Gasteiger partial charge in [-0.1, -0.05) is 55.6 Å². The van der Waals surface area contributed by atoms with Crippen LogP contribution in [0.2, 0.25) is 5.02 Å². The first-order valence-electron chi connectivity index (χ1n) is 6.43. The molecule has 2 aromatic rings. The molecular weight excluding hydrogens is 419 g/mol. The highest BCUT2D eigenvalue weighted by molar-refractivity contribution is 9.10. The van der Waals surface area contributed by atoms with Gasteiger partial charge in [0, 0.05) is 20.9 Å². The predicted octanol–water partition coefficient (Wildman–Crippen LogP) is 5.91. The number of benzene rings is 2. The summed E-state index contributed by atoms with van der Waals surface area (Å²) in [4.78, 5) is 12.0. The highest BCUT2D eigenvalue weighted by Gasteiger charge is 2.06. The monoisotopic (exact) mass is 430 g/mol. The molecule has 0 unspecified atom stereocenters. The Bertz CT molecular complexity index is 627. The van der Waals surface area contributed by atoms with Crippen molar-refractivity contribution in [3.63, 3.8) is 0 Å². The van der Waals surface area contributed by atoms with Gasteiger partial charge >= 0.3 is 0 Å². The third-order valence-electron chi connectivity index (χ3n) is 2.87. The van der Waals surface area contributed by atoms with E-state index in [1.807, 2.05) is 36.4 Å². The van der Waals surface area contributed by atoms with Crippen molar-refractivity contribution in [1.82, 2.24) is 0 Å². The Morgan fingerprint density at radius 3 is 2.43 bits per heavy atom. The summed E-state index contributed by atoms with van der Waals surface area (Å²) in [5, 5.41) is 0.567. The van der Waals surface area contributed by atoms with Crippen molar-refractivity contribution < 1.29 is 9.53 Å². The molecule has 0 atom stereocenters. The minimum absolute atomic E-state index is 0.117. The van der Waals surface area contributed by atoms with Crippen LogP contribution in [0.25, 0.3) is 0 Å². The van der Waals surface area contributed by atoms with E-state index in [2.05, 4.69) is 31.9 Å². The standard InChI is InChI=1S/C16H13Br2ClO2/c17-12-5-3-11(4-6-12)15(20)2-1-9-21-16-10-13(18)7-8-14(16)19/h3-8,10H,1-2,9H2. The van der Waals surface area contributed by atoms with E-state index in [9.17, 15) is 4.79 Å². The second kappa shape index (κ2) is 7.97. The van der Waals surface area contributed by atoms with Crippen LogP contribution in [0.1, 0.15) is 23.2 Å². The second-order valence-corrected chi connectivity index (χ2v) is 6.70. The molecule has 110 valence electrons. The largest absolute Gasteiger partial charge is 0.492 e. The molecule has 0 saturated heterocycles. The van der Waals surface area contributed by atoms with Crippen molar-refractivity contribution in [2.24, 2.45) is 0 Å². The Labute approximate surface area is 145 Å². The summed E-state index contributed by atoms with van der Waals surface area (Å²) in [6.07, 6.45) is 1.10. The molecule has 0 amide bonds. The van der Waals surface area contributed by atoms with Gasteiger partial charge in [-0.15, -0.1) is 0 Å². The zero-order valence-electron chi connectivity index (χ0n) is 11.1. The fourth-order valence-electron chi connectivity index (χ4n) is 1.78. The number of hydrogen-bond donors (Lipinski definition) is 0. The van der Waals surface area contributed by atoms with Crippen LogP contribution in [-0.4, -0.2) is 12.4 Å². The molecule has 5 heteroatoms. The van der Waals surface area contributed by atoms with Crippen LogP contribution < -0.4 is 4.74 Å². The summed E-state index contributed by atoms with van der Waals surface area (Å²) < 4.78 is 7.48. The zero-order chi connectivity index (χ0) is 15.2. The quantitative estimate of drug-likeness (QED) is 0.419. The molecule has 0 spiro atoms. The highest BCUT2D eigenvalue weighted by Crippen LogP contribution is 2.28. The molecule has 0 N–H and O–H groups in total. The van der Waals surface area contributed by atoms with Crippen molar-refractivity contribution in [3.8, 4) is 5.75 Å². The summed E-state index contributed by atoms with van der Waals surface area (Å²) in [6.45, 7) is 0.457. The van der Waals surface area contributed by atoms with E-state index in [0.29, 0.717) is 30.2 Å². The molecule has 0 aromatic heterocycles. The molecule has 21 heavy (non-hydrogen) atoms. The van der Waals surface area contributed by atoms with Crippen LogP contribution in [0, 0.1) is 0 Å². The van der Waals surface area contributed by atoms with Gasteiger partial charge in [-0.3, -0.25) is 4.79 Å². The number of carbonyl (C=O) groups excluding carboxylic acids is 1. The number of hydrogen-bond acceptors (Lipinski definition) is 2. The second-order valence-electron chi connectivity index (χ2n) is 4.46. The average molecular weight is 433 g/mol. The lowest BCUT2D eigenvalue weighted by molar-refractivity contribution is 0.0973. The molecule has 2 aromatic carbocycles. The van der Waals surface area contributed by atoms with E-state index < -0.39 is 0 Å². The van der Waals surface area contributed by atoms with Gasteiger partial charge in [-0.05, 0) is 36.8 Å². The Morgan fingerprint density at radius 1 is 1.05 bits per heavy atom. The van der Waals surface area contributed by atoms with Crippen LogP contribution in [0.3, 0.4) is 0 Å². The number of ketones is 1. The molecule has 0 aliphatic carbocycles. The smallest absolute Gasteiger partial charge is 0.163 e. The number of rotatable bonds is 6. The van der Waals surface area contributed by atoms with E-state index >= 15 is 0 Å². The molecule has 0 bridgehead atoms. The molecule has 0 saturated carbocycles. The SMILES string of the molecule is O=C(CCCOc1cc(Br)ccc1Cl)c1ccc(Br)cc1. The predicted molar refractivity (Wildman–Crippen MR) is 92.4 cm³/mol. The molecule has 0 aliphatic rings. The number of halogens is 3. The van der Waals surface area contributed by atoms with E-state index in [1.165, 1.54) is 0 Å². The molecule has 2 rings (SSSR count).